The summed E-state index contributed by atoms with van der Waals surface area (Å²) in [5.74, 6) is -0.762. The van der Waals surface area contributed by atoms with Gasteiger partial charge in [0.05, 0.1) is 0 Å². The van der Waals surface area contributed by atoms with Crippen LogP contribution < -0.4 is 16.4 Å². The Bertz CT molecular complexity index is 750. The maximum absolute atomic E-state index is 12.2. The second-order valence-corrected chi connectivity index (χ2v) is 14.5. The van der Waals surface area contributed by atoms with Crippen molar-refractivity contribution in [2.45, 2.75) is 83.7 Å². The van der Waals surface area contributed by atoms with Crippen molar-refractivity contribution in [1.29, 1.82) is 0 Å². The van der Waals surface area contributed by atoms with Crippen molar-refractivity contribution >= 4 is 26.2 Å². The van der Waals surface area contributed by atoms with Crippen LogP contribution in [0.3, 0.4) is 0 Å². The Balaban J connectivity index is 2.18. The highest BCUT2D eigenvalue weighted by atomic mass is 28.4. The van der Waals surface area contributed by atoms with Gasteiger partial charge in [-0.3, -0.25) is 9.59 Å². The van der Waals surface area contributed by atoms with Crippen LogP contribution in [0, 0.1) is 0 Å². The van der Waals surface area contributed by atoms with Crippen LogP contribution in [0.1, 0.15) is 58.4 Å². The number of benzene rings is 1. The second-order valence-electron chi connectivity index (χ2n) is 9.72. The molecule has 33 heavy (non-hydrogen) atoms. The molecule has 3 amide bonds. The molecular weight excluding hydrogens is 438 g/mol. The van der Waals surface area contributed by atoms with Gasteiger partial charge in [-0.25, -0.2) is 4.79 Å². The summed E-state index contributed by atoms with van der Waals surface area (Å²) in [7, 11) is -1.91. The summed E-state index contributed by atoms with van der Waals surface area (Å²) in [6, 6.07) is 8.74. The van der Waals surface area contributed by atoms with Crippen molar-refractivity contribution in [1.82, 2.24) is 10.6 Å². The highest BCUT2D eigenvalue weighted by molar-refractivity contribution is 6.74. The highest BCUT2D eigenvalue weighted by Crippen LogP contribution is 2.36. The summed E-state index contributed by atoms with van der Waals surface area (Å²) < 4.78 is 11.2. The number of hydrogen-bond acceptors (Lipinski definition) is 5. The topological polar surface area (TPSA) is 120 Å². The molecule has 1 aromatic carbocycles. The Morgan fingerprint density at radius 2 is 1.73 bits per heavy atom. The van der Waals surface area contributed by atoms with Crippen molar-refractivity contribution in [3.8, 4) is 0 Å². The van der Waals surface area contributed by atoms with Crippen molar-refractivity contribution in [2.75, 3.05) is 13.2 Å². The molecular formula is C24H41N3O5Si. The van der Waals surface area contributed by atoms with Crippen LogP contribution in [0.4, 0.5) is 4.79 Å². The second kappa shape index (κ2) is 14.0. The van der Waals surface area contributed by atoms with E-state index < -0.39 is 26.4 Å². The zero-order valence-corrected chi connectivity index (χ0v) is 21.7. The number of carbonyl (C=O) groups excluding carboxylic acids is 3. The number of hydrogen-bond donors (Lipinski definition) is 3. The van der Waals surface area contributed by atoms with E-state index in [-0.39, 0.29) is 17.6 Å². The minimum atomic E-state index is -1.91. The third-order valence-electron chi connectivity index (χ3n) is 5.92. The van der Waals surface area contributed by atoms with Gasteiger partial charge in [0.1, 0.15) is 12.6 Å². The fourth-order valence-corrected chi connectivity index (χ4v) is 3.81. The fraction of sp³-hybridized carbons (Fsp3) is 0.625. The minimum Gasteiger partial charge on any atom is -0.445 e. The molecule has 0 bridgehead atoms. The smallest absolute Gasteiger partial charge is 0.407 e. The van der Waals surface area contributed by atoms with E-state index in [4.69, 9.17) is 14.9 Å². The molecule has 9 heteroatoms. The van der Waals surface area contributed by atoms with Gasteiger partial charge in [0.15, 0.2) is 8.32 Å². The Morgan fingerprint density at radius 3 is 2.33 bits per heavy atom. The first-order chi connectivity index (χ1) is 15.4. The lowest BCUT2D eigenvalue weighted by atomic mass is 10.1. The molecule has 0 spiro atoms. The summed E-state index contributed by atoms with van der Waals surface area (Å²) in [6.07, 6.45) is 2.35. The first-order valence-electron chi connectivity index (χ1n) is 11.6. The van der Waals surface area contributed by atoms with Crippen LogP contribution in [0.2, 0.25) is 18.1 Å². The monoisotopic (exact) mass is 479 g/mol. The van der Waals surface area contributed by atoms with Crippen LogP contribution in [-0.2, 0) is 25.4 Å². The lowest BCUT2D eigenvalue weighted by Gasteiger charge is -2.36. The van der Waals surface area contributed by atoms with E-state index in [0.717, 1.165) is 18.4 Å². The van der Waals surface area contributed by atoms with Crippen molar-refractivity contribution in [2.24, 2.45) is 5.73 Å². The van der Waals surface area contributed by atoms with Gasteiger partial charge in [-0.1, -0.05) is 57.5 Å². The van der Waals surface area contributed by atoms with Crippen molar-refractivity contribution < 1.29 is 23.5 Å². The summed E-state index contributed by atoms with van der Waals surface area (Å²) in [6.45, 7) is 11.8. The molecule has 0 saturated carbocycles. The van der Waals surface area contributed by atoms with Crippen molar-refractivity contribution in [3.05, 3.63) is 35.9 Å². The Hall–Kier alpha value is -2.39. The van der Waals surface area contributed by atoms with E-state index in [9.17, 15) is 14.4 Å². The number of nitrogens with one attached hydrogen (secondary N) is 2. The lowest BCUT2D eigenvalue weighted by Crippen LogP contribution is -2.46. The van der Waals surface area contributed by atoms with Crippen LogP contribution in [0.5, 0.6) is 0 Å². The quantitative estimate of drug-likeness (QED) is 0.276. The van der Waals surface area contributed by atoms with E-state index in [2.05, 4.69) is 44.5 Å². The molecule has 186 valence electrons. The average Bonchev–Trinajstić information content (AvgIpc) is 2.73. The molecule has 0 aliphatic heterocycles. The molecule has 0 heterocycles. The average molecular weight is 480 g/mol. The maximum Gasteiger partial charge on any atom is 0.407 e. The van der Waals surface area contributed by atoms with Crippen LogP contribution in [-0.4, -0.2) is 45.4 Å². The number of carbonyl (C=O) groups is 3. The predicted molar refractivity (Wildman–Crippen MR) is 132 cm³/mol. The third kappa shape index (κ3) is 11.9. The first-order valence-corrected chi connectivity index (χ1v) is 14.5. The van der Waals surface area contributed by atoms with Gasteiger partial charge in [-0.15, -0.1) is 0 Å². The predicted octanol–water partition coefficient (Wildman–Crippen LogP) is 3.86. The fourth-order valence-electron chi connectivity index (χ4n) is 2.75. The lowest BCUT2D eigenvalue weighted by molar-refractivity contribution is -0.127. The standard InChI is InChI=1S/C24H41N3O5Si/c1-24(2,3)33(4,5)32-17-15-20(22(25)29)27-21(28)14-10-7-11-16-26-23(30)31-18-19-12-8-6-9-13-19/h6,8-9,12-13,20H,7,10-11,14-18H2,1-5H3,(H2,25,29)(H,26,30)(H,27,28)/t20-/m0/s1. The van der Waals surface area contributed by atoms with Gasteiger partial charge in [0, 0.05) is 19.6 Å². The molecule has 0 aromatic heterocycles. The molecule has 0 fully saturated rings. The number of ether oxygens (including phenoxy) is 1. The van der Waals surface area contributed by atoms with Crippen LogP contribution in [0.25, 0.3) is 0 Å². The number of unbranched alkanes of at least 4 members (excludes halogenated alkanes) is 2. The van der Waals surface area contributed by atoms with Crippen LogP contribution in [0.15, 0.2) is 30.3 Å². The molecule has 0 aliphatic rings. The first kappa shape index (κ1) is 28.6. The van der Waals surface area contributed by atoms with Gasteiger partial charge in [0.25, 0.3) is 0 Å². The summed E-state index contributed by atoms with van der Waals surface area (Å²) in [5, 5.41) is 5.49. The molecule has 4 N–H and O–H groups in total. The largest absolute Gasteiger partial charge is 0.445 e. The van der Waals surface area contributed by atoms with Gasteiger partial charge >= 0.3 is 6.09 Å². The molecule has 8 nitrogen and oxygen atoms in total. The van der Waals surface area contributed by atoms with E-state index in [1.54, 1.807) is 0 Å². The Morgan fingerprint density at radius 1 is 1.06 bits per heavy atom. The van der Waals surface area contributed by atoms with E-state index in [1.807, 2.05) is 30.3 Å². The summed E-state index contributed by atoms with van der Waals surface area (Å²) in [4.78, 5) is 35.6. The van der Waals surface area contributed by atoms with Crippen molar-refractivity contribution in [3.63, 3.8) is 0 Å². The zero-order chi connectivity index (χ0) is 24.9. The highest BCUT2D eigenvalue weighted by Gasteiger charge is 2.37. The molecule has 1 aromatic rings. The molecule has 0 saturated heterocycles. The van der Waals surface area contributed by atoms with Gasteiger partial charge in [-0.2, -0.15) is 0 Å². The number of rotatable bonds is 14. The van der Waals surface area contributed by atoms with Gasteiger partial charge in [0.2, 0.25) is 11.8 Å². The normalized spacial score (nSPS) is 12.6. The number of primary amides is 1. The van der Waals surface area contributed by atoms with Crippen LogP contribution >= 0.6 is 0 Å². The third-order valence-corrected chi connectivity index (χ3v) is 10.5. The minimum absolute atomic E-state index is 0.0754. The summed E-state index contributed by atoms with van der Waals surface area (Å²) in [5.41, 5.74) is 6.39. The zero-order valence-electron chi connectivity index (χ0n) is 20.7. The molecule has 1 atom stereocenters. The summed E-state index contributed by atoms with van der Waals surface area (Å²) >= 11 is 0. The molecule has 0 radical (unpaired) electrons. The molecule has 0 unspecified atom stereocenters. The Labute approximate surface area is 199 Å². The Kier molecular flexibility index (Phi) is 12.1. The van der Waals surface area contributed by atoms with Gasteiger partial charge in [-0.05, 0) is 43.0 Å². The van der Waals surface area contributed by atoms with E-state index in [1.165, 1.54) is 0 Å². The van der Waals surface area contributed by atoms with Gasteiger partial charge < -0.3 is 25.5 Å². The maximum atomic E-state index is 12.2. The molecule has 1 rings (SSSR count). The number of amides is 3. The number of nitrogens with two attached hydrogens (primary N) is 1. The SMILES string of the molecule is CC(C)(C)[Si](C)(C)OCC[C@H](NC(=O)CCCCCNC(=O)OCc1ccccc1)C(N)=O. The van der Waals surface area contributed by atoms with E-state index >= 15 is 0 Å². The van der Waals surface area contributed by atoms with E-state index in [0.29, 0.717) is 32.4 Å². The number of alkyl carbamates (subject to hydrolysis) is 1. The molecule has 0 aliphatic carbocycles.